The van der Waals surface area contributed by atoms with Crippen molar-refractivity contribution in [2.45, 2.75) is 24.3 Å². The SMILES string of the molecule is COc1ccc2sc(N(Cc3ccccn3)C(=O)CCCSc3ccc(Cl)cc3)nc2c1. The average Bonchev–Trinajstić information content (AvgIpc) is 3.25. The summed E-state index contributed by atoms with van der Waals surface area (Å²) >= 11 is 9.17. The quantitative estimate of drug-likeness (QED) is 0.202. The van der Waals surface area contributed by atoms with Crippen LogP contribution in [0.3, 0.4) is 0 Å². The molecule has 8 heteroatoms. The number of amides is 1. The second kappa shape index (κ2) is 10.8. The van der Waals surface area contributed by atoms with Gasteiger partial charge in [-0.15, -0.1) is 11.8 Å². The first-order valence-corrected chi connectivity index (χ1v) is 12.3. The molecule has 0 N–H and O–H groups in total. The number of anilines is 1. The number of thioether (sulfide) groups is 1. The summed E-state index contributed by atoms with van der Waals surface area (Å²) in [5.74, 6) is 1.64. The largest absolute Gasteiger partial charge is 0.497 e. The molecule has 0 spiro atoms. The third-order valence-electron chi connectivity index (χ3n) is 4.78. The van der Waals surface area contributed by atoms with Gasteiger partial charge in [-0.2, -0.15) is 0 Å². The van der Waals surface area contributed by atoms with Gasteiger partial charge in [-0.1, -0.05) is 29.0 Å². The van der Waals surface area contributed by atoms with Crippen molar-refractivity contribution < 1.29 is 9.53 Å². The van der Waals surface area contributed by atoms with E-state index in [1.807, 2.05) is 60.7 Å². The van der Waals surface area contributed by atoms with Gasteiger partial charge in [0.05, 0.1) is 29.6 Å². The molecule has 1 amide bonds. The van der Waals surface area contributed by atoms with Crippen LogP contribution in [0, 0.1) is 0 Å². The summed E-state index contributed by atoms with van der Waals surface area (Å²) in [6.45, 7) is 0.390. The van der Waals surface area contributed by atoms with E-state index in [9.17, 15) is 4.79 Å². The first-order chi connectivity index (χ1) is 15.6. The molecule has 32 heavy (non-hydrogen) atoms. The lowest BCUT2D eigenvalue weighted by molar-refractivity contribution is -0.118. The van der Waals surface area contributed by atoms with Gasteiger partial charge in [0.25, 0.3) is 0 Å². The molecule has 2 aromatic carbocycles. The van der Waals surface area contributed by atoms with E-state index in [0.717, 1.165) is 43.8 Å². The zero-order chi connectivity index (χ0) is 22.3. The first-order valence-electron chi connectivity index (χ1n) is 10.2. The highest BCUT2D eigenvalue weighted by molar-refractivity contribution is 7.99. The fourth-order valence-electron chi connectivity index (χ4n) is 3.13. The Labute approximate surface area is 200 Å². The number of nitrogens with zero attached hydrogens (tertiary/aromatic N) is 3. The monoisotopic (exact) mass is 483 g/mol. The van der Waals surface area contributed by atoms with E-state index in [2.05, 4.69) is 4.98 Å². The maximum absolute atomic E-state index is 13.2. The number of methoxy groups -OCH3 is 1. The molecular formula is C24H22ClN3O2S2. The van der Waals surface area contributed by atoms with Crippen LogP contribution in [-0.2, 0) is 11.3 Å². The molecule has 0 saturated carbocycles. The van der Waals surface area contributed by atoms with Gasteiger partial charge in [-0.05, 0) is 60.7 Å². The number of fused-ring (bicyclic) bond motifs is 1. The van der Waals surface area contributed by atoms with Crippen LogP contribution < -0.4 is 9.64 Å². The number of halogens is 1. The van der Waals surface area contributed by atoms with E-state index in [1.165, 1.54) is 11.3 Å². The molecule has 5 nitrogen and oxygen atoms in total. The summed E-state index contributed by atoms with van der Waals surface area (Å²) in [6.07, 6.45) is 2.94. The molecule has 0 aliphatic rings. The minimum atomic E-state index is 0.0402. The Morgan fingerprint density at radius 1 is 1.16 bits per heavy atom. The maximum Gasteiger partial charge on any atom is 0.229 e. The highest BCUT2D eigenvalue weighted by Crippen LogP contribution is 2.32. The predicted octanol–water partition coefficient (Wildman–Crippen LogP) is 6.46. The summed E-state index contributed by atoms with van der Waals surface area (Å²) in [4.78, 5) is 25.2. The molecule has 2 aromatic heterocycles. The van der Waals surface area contributed by atoms with Gasteiger partial charge in [0.15, 0.2) is 5.13 Å². The van der Waals surface area contributed by atoms with E-state index in [1.54, 1.807) is 30.0 Å². The molecule has 0 fully saturated rings. The van der Waals surface area contributed by atoms with Gasteiger partial charge in [0.1, 0.15) is 5.75 Å². The average molecular weight is 484 g/mol. The molecule has 4 aromatic rings. The molecule has 0 radical (unpaired) electrons. The zero-order valence-electron chi connectivity index (χ0n) is 17.5. The van der Waals surface area contributed by atoms with Crippen molar-refractivity contribution in [3.63, 3.8) is 0 Å². The molecule has 2 heterocycles. The molecule has 0 aliphatic heterocycles. The van der Waals surface area contributed by atoms with E-state index in [0.29, 0.717) is 18.1 Å². The number of carbonyl (C=O) groups excluding carboxylic acids is 1. The second-order valence-corrected chi connectivity index (χ2v) is 9.65. The standard InChI is InChI=1S/C24H22ClN3O2S2/c1-30-19-9-12-22-21(15-19)27-24(32-22)28(16-18-5-2-3-13-26-18)23(29)6-4-14-31-20-10-7-17(25)8-11-20/h2-3,5,7-13,15H,4,6,14,16H2,1H3. The van der Waals surface area contributed by atoms with Gasteiger partial charge in [0.2, 0.25) is 5.91 Å². The molecule has 0 saturated heterocycles. The van der Waals surface area contributed by atoms with E-state index in [4.69, 9.17) is 21.3 Å². The van der Waals surface area contributed by atoms with Crippen molar-refractivity contribution >= 4 is 56.0 Å². The van der Waals surface area contributed by atoms with Crippen LogP contribution in [0.25, 0.3) is 10.2 Å². The lowest BCUT2D eigenvalue weighted by Gasteiger charge is -2.19. The van der Waals surface area contributed by atoms with Crippen molar-refractivity contribution in [3.8, 4) is 5.75 Å². The third-order valence-corrected chi connectivity index (χ3v) is 7.19. The minimum Gasteiger partial charge on any atom is -0.497 e. The Kier molecular flexibility index (Phi) is 7.63. The number of hydrogen-bond acceptors (Lipinski definition) is 6. The molecule has 0 atom stereocenters. The van der Waals surface area contributed by atoms with Crippen LogP contribution in [-0.4, -0.2) is 28.7 Å². The number of ether oxygens (including phenoxy) is 1. The number of carbonyl (C=O) groups is 1. The zero-order valence-corrected chi connectivity index (χ0v) is 19.9. The van der Waals surface area contributed by atoms with Gasteiger partial charge in [-0.25, -0.2) is 4.98 Å². The van der Waals surface area contributed by atoms with Gasteiger partial charge in [-0.3, -0.25) is 14.7 Å². The number of hydrogen-bond donors (Lipinski definition) is 0. The molecule has 0 bridgehead atoms. The van der Waals surface area contributed by atoms with Crippen LogP contribution in [0.4, 0.5) is 5.13 Å². The lowest BCUT2D eigenvalue weighted by atomic mass is 10.2. The summed E-state index contributed by atoms with van der Waals surface area (Å²) in [5, 5.41) is 1.40. The normalized spacial score (nSPS) is 10.9. The summed E-state index contributed by atoms with van der Waals surface area (Å²) in [7, 11) is 1.63. The second-order valence-electron chi connectivity index (χ2n) is 7.04. The highest BCUT2D eigenvalue weighted by Gasteiger charge is 2.20. The van der Waals surface area contributed by atoms with Gasteiger partial charge >= 0.3 is 0 Å². The number of aromatic nitrogens is 2. The number of thiazole rings is 1. The van der Waals surface area contributed by atoms with Crippen molar-refractivity contribution in [1.82, 2.24) is 9.97 Å². The van der Waals surface area contributed by atoms with Crippen LogP contribution >= 0.6 is 34.7 Å². The van der Waals surface area contributed by atoms with Crippen LogP contribution in [0.1, 0.15) is 18.5 Å². The lowest BCUT2D eigenvalue weighted by Crippen LogP contribution is -2.30. The van der Waals surface area contributed by atoms with Crippen molar-refractivity contribution in [1.29, 1.82) is 0 Å². The van der Waals surface area contributed by atoms with E-state index >= 15 is 0 Å². The van der Waals surface area contributed by atoms with E-state index in [-0.39, 0.29) is 5.91 Å². The number of pyridine rings is 1. The minimum absolute atomic E-state index is 0.0402. The topological polar surface area (TPSA) is 55.3 Å². The predicted molar refractivity (Wildman–Crippen MR) is 133 cm³/mol. The molecule has 164 valence electrons. The Balaban J connectivity index is 1.47. The summed E-state index contributed by atoms with van der Waals surface area (Å²) in [5.41, 5.74) is 1.65. The molecule has 0 aliphatic carbocycles. The highest BCUT2D eigenvalue weighted by atomic mass is 35.5. The van der Waals surface area contributed by atoms with Gasteiger partial charge < -0.3 is 4.74 Å². The first kappa shape index (κ1) is 22.6. The molecular weight excluding hydrogens is 462 g/mol. The maximum atomic E-state index is 13.2. The number of benzene rings is 2. The van der Waals surface area contributed by atoms with Crippen LogP contribution in [0.5, 0.6) is 5.75 Å². The molecule has 0 unspecified atom stereocenters. The third kappa shape index (κ3) is 5.79. The van der Waals surface area contributed by atoms with Gasteiger partial charge in [0, 0.05) is 28.6 Å². The Hall–Kier alpha value is -2.61. The van der Waals surface area contributed by atoms with Crippen LogP contribution in [0.15, 0.2) is 71.8 Å². The Bertz CT molecular complexity index is 1180. The fourth-order valence-corrected chi connectivity index (χ4v) is 5.07. The smallest absolute Gasteiger partial charge is 0.229 e. The number of rotatable bonds is 9. The van der Waals surface area contributed by atoms with Crippen LogP contribution in [0.2, 0.25) is 5.02 Å². The van der Waals surface area contributed by atoms with Crippen molar-refractivity contribution in [2.75, 3.05) is 17.8 Å². The molecule has 4 rings (SSSR count). The van der Waals surface area contributed by atoms with Crippen molar-refractivity contribution in [2.24, 2.45) is 0 Å². The van der Waals surface area contributed by atoms with E-state index < -0.39 is 0 Å². The Morgan fingerprint density at radius 2 is 2.00 bits per heavy atom. The Morgan fingerprint density at radius 3 is 2.75 bits per heavy atom. The van der Waals surface area contributed by atoms with Crippen molar-refractivity contribution in [3.05, 3.63) is 77.6 Å². The fraction of sp³-hybridized carbons (Fsp3) is 0.208. The summed E-state index contributed by atoms with van der Waals surface area (Å²) < 4.78 is 6.32. The summed E-state index contributed by atoms with van der Waals surface area (Å²) in [6, 6.07) is 19.2.